The molecule has 0 radical (unpaired) electrons. The Kier molecular flexibility index (Phi) is 16.8. The van der Waals surface area contributed by atoms with Gasteiger partial charge in [-0.25, -0.2) is 9.59 Å². The first kappa shape index (κ1) is 63.7. The molecule has 468 valence electrons. The van der Waals surface area contributed by atoms with E-state index >= 15 is 4.79 Å². The molecular formula is C68H77NO19. The molecule has 17 atom stereocenters. The molecule has 0 spiro atoms. The second-order valence-electron chi connectivity index (χ2n) is 26.4. The van der Waals surface area contributed by atoms with Gasteiger partial charge in [-0.15, -0.1) is 0 Å². The zero-order valence-electron chi connectivity index (χ0n) is 50.6. The van der Waals surface area contributed by atoms with Crippen molar-refractivity contribution >= 4 is 52.9 Å². The van der Waals surface area contributed by atoms with Crippen LogP contribution in [0, 0.1) is 45.3 Å². The van der Waals surface area contributed by atoms with Crippen LogP contribution < -0.4 is 5.32 Å². The first-order valence-electron chi connectivity index (χ1n) is 30.0. The molecule has 6 N–H and O–H groups in total. The molecule has 2 bridgehead atoms. The molecule has 7 aliphatic carbocycles. The van der Waals surface area contributed by atoms with E-state index in [-0.39, 0.29) is 71.0 Å². The zero-order chi connectivity index (χ0) is 63.8. The fraction of sp³-hybridized carbons (Fsp3) is 0.515. The van der Waals surface area contributed by atoms with Gasteiger partial charge in [0.05, 0.1) is 35.6 Å². The lowest BCUT2D eigenvalue weighted by Crippen LogP contribution is -2.82. The monoisotopic (exact) mass is 1210 g/mol. The third kappa shape index (κ3) is 10.1. The molecule has 1 heterocycles. The molecule has 8 aliphatic rings. The van der Waals surface area contributed by atoms with Crippen molar-refractivity contribution in [3.8, 4) is 0 Å². The average molecular weight is 1210 g/mol. The quantitative estimate of drug-likeness (QED) is 0.0741. The number of aliphatic hydroxyl groups is 5. The summed E-state index contributed by atoms with van der Waals surface area (Å²) in [4.78, 5) is 121. The maximum atomic E-state index is 15.5. The van der Waals surface area contributed by atoms with Crippen molar-refractivity contribution in [2.75, 3.05) is 13.2 Å². The van der Waals surface area contributed by atoms with E-state index in [9.17, 15) is 63.9 Å². The molecule has 3 aromatic carbocycles. The summed E-state index contributed by atoms with van der Waals surface area (Å²) in [7, 11) is 0. The SMILES string of the molecule is CC(=O)O[C@H]1C(=O)[C@@]2(C)[C@H]([C@H](OC(=O)c3ccccc3)[C@]3(O)C[C@H](OC(=O)[C@H](O)[C@@H](NC(=O)c4ccccc4)c4ccccc4)C(C)=C1C3(C)C)[C@]1(OC(C)=O)CO[C@@H]1C[C@@H]2O.C[C@]12C=CC(=O)C=C1CC[C@@H]1[C@@H]2C(=O)C[C@@]2(C)[C@H]1CC[C@]2(O)C(=O)CO. The number of hydrogen-bond acceptors (Lipinski definition) is 19. The summed E-state index contributed by atoms with van der Waals surface area (Å²) >= 11 is 0. The number of rotatable bonds is 12. The van der Waals surface area contributed by atoms with E-state index in [1.165, 1.54) is 26.0 Å². The van der Waals surface area contributed by atoms with Crippen molar-refractivity contribution in [3.63, 3.8) is 0 Å². The number of benzene rings is 3. The van der Waals surface area contributed by atoms with Crippen LogP contribution in [0.25, 0.3) is 0 Å². The first-order chi connectivity index (χ1) is 41.4. The number of aliphatic hydroxyl groups excluding tert-OH is 3. The van der Waals surface area contributed by atoms with Crippen LogP contribution >= 0.6 is 0 Å². The van der Waals surface area contributed by atoms with Gasteiger partial charge in [0.15, 0.2) is 35.2 Å². The Labute approximate surface area is 509 Å². The van der Waals surface area contributed by atoms with E-state index in [2.05, 4.69) is 5.32 Å². The summed E-state index contributed by atoms with van der Waals surface area (Å²) in [5.74, 6) is -7.43. The topological polar surface area (TPSA) is 313 Å². The van der Waals surface area contributed by atoms with E-state index in [0.717, 1.165) is 32.3 Å². The summed E-state index contributed by atoms with van der Waals surface area (Å²) in [6.07, 6.45) is -2.69. The standard InChI is InChI=1S/C47H51NO14.C21H26O5/c1-25-31(60-43(56)36(52)35(28-16-10-7-11-17-28)48-41(54)29-18-12-8-13-19-29)23-47(57)40(61-42(55)30-20-14-9-15-21-30)38-45(6,32(51)22-33-46(38,24-58-33)62-27(3)50)39(53)37(59-26(2)49)34(25)44(47,4)5;1-19-7-5-13(23)9-12(19)3-4-14-15-6-8-21(26,17(25)11-22)20(15,2)10-16(24)18(14)19/h7-21,31-33,35-38,40,51-52,57H,22-24H2,1-6H3,(H,48,54);5,7,9,14-15,18,22,26H,3-4,6,8,10-11H2,1-2H3/t31-,32-,33+,35-,36+,37+,38-,40-,45+,46-,47+;14-,15-,18+,19-,20-,21-/m00/s1. The van der Waals surface area contributed by atoms with Crippen LogP contribution in [0.1, 0.15) is 133 Å². The highest BCUT2D eigenvalue weighted by Gasteiger charge is 2.79. The summed E-state index contributed by atoms with van der Waals surface area (Å²) in [5, 5.41) is 60.7. The van der Waals surface area contributed by atoms with Crippen LogP contribution in [0.5, 0.6) is 0 Å². The third-order valence-corrected chi connectivity index (χ3v) is 21.5. The van der Waals surface area contributed by atoms with Gasteiger partial charge in [0.1, 0.15) is 41.9 Å². The lowest BCUT2D eigenvalue weighted by Gasteiger charge is -2.67. The lowest BCUT2D eigenvalue weighted by atomic mass is 9.44. The van der Waals surface area contributed by atoms with Crippen molar-refractivity contribution in [2.24, 2.45) is 45.3 Å². The predicted octanol–water partition coefficient (Wildman–Crippen LogP) is 5.50. The minimum atomic E-state index is -2.39. The molecule has 6 fully saturated rings. The van der Waals surface area contributed by atoms with Crippen molar-refractivity contribution in [3.05, 3.63) is 143 Å². The predicted molar refractivity (Wildman–Crippen MR) is 312 cm³/mol. The van der Waals surface area contributed by atoms with E-state index in [4.69, 9.17) is 23.7 Å². The zero-order valence-corrected chi connectivity index (χ0v) is 50.6. The first-order valence-corrected chi connectivity index (χ1v) is 30.0. The van der Waals surface area contributed by atoms with E-state index in [1.807, 2.05) is 19.9 Å². The molecule has 0 unspecified atom stereocenters. The van der Waals surface area contributed by atoms with E-state index in [0.29, 0.717) is 18.4 Å². The molecule has 88 heavy (non-hydrogen) atoms. The van der Waals surface area contributed by atoms with Gasteiger partial charge in [0.25, 0.3) is 5.91 Å². The Bertz CT molecular complexity index is 3430. The van der Waals surface area contributed by atoms with Crippen LogP contribution in [0.3, 0.4) is 0 Å². The van der Waals surface area contributed by atoms with E-state index < -0.39 is 141 Å². The Morgan fingerprint density at radius 2 is 1.43 bits per heavy atom. The van der Waals surface area contributed by atoms with Crippen molar-refractivity contribution in [1.29, 1.82) is 0 Å². The summed E-state index contributed by atoms with van der Waals surface area (Å²) in [6, 6.07) is 22.9. The average Bonchev–Trinajstić information content (AvgIpc) is 0.739. The van der Waals surface area contributed by atoms with Crippen LogP contribution in [-0.4, -0.2) is 145 Å². The van der Waals surface area contributed by atoms with Crippen LogP contribution in [-0.2, 0) is 57.2 Å². The number of allylic oxidation sites excluding steroid dienone is 4. The smallest absolute Gasteiger partial charge is 0.338 e. The number of ketones is 4. The number of fused-ring (bicyclic) bond motifs is 10. The Morgan fingerprint density at radius 3 is 2.02 bits per heavy atom. The van der Waals surface area contributed by atoms with Crippen molar-refractivity contribution in [1.82, 2.24) is 5.32 Å². The van der Waals surface area contributed by atoms with Crippen LogP contribution in [0.15, 0.2) is 126 Å². The Balaban J connectivity index is 0.000000272. The van der Waals surface area contributed by atoms with Gasteiger partial charge < -0.3 is 54.5 Å². The Hall–Kier alpha value is -7.33. The second-order valence-corrected chi connectivity index (χ2v) is 26.4. The number of ether oxygens (including phenoxy) is 5. The molecule has 3 aromatic rings. The number of nitrogens with one attached hydrogen (secondary N) is 1. The summed E-state index contributed by atoms with van der Waals surface area (Å²) in [6.45, 7) is 11.2. The fourth-order valence-corrected chi connectivity index (χ4v) is 16.8. The van der Waals surface area contributed by atoms with Gasteiger partial charge in [-0.05, 0) is 104 Å². The van der Waals surface area contributed by atoms with Crippen molar-refractivity contribution < 1.29 is 92.4 Å². The molecule has 0 aromatic heterocycles. The normalized spacial score (nSPS) is 36.4. The van der Waals surface area contributed by atoms with Gasteiger partial charge in [-0.2, -0.15) is 0 Å². The third-order valence-electron chi connectivity index (χ3n) is 21.5. The molecule has 1 amide bonds. The maximum Gasteiger partial charge on any atom is 0.338 e. The summed E-state index contributed by atoms with van der Waals surface area (Å²) < 4.78 is 30.3. The number of carbonyl (C=O) groups excluding carboxylic acids is 9. The molecule has 11 rings (SSSR count). The summed E-state index contributed by atoms with van der Waals surface area (Å²) in [5.41, 5.74) is -8.88. The Morgan fingerprint density at radius 1 is 0.807 bits per heavy atom. The maximum absolute atomic E-state index is 15.5. The second kappa shape index (κ2) is 23.2. The van der Waals surface area contributed by atoms with Crippen LogP contribution in [0.2, 0.25) is 0 Å². The van der Waals surface area contributed by atoms with Gasteiger partial charge in [0.2, 0.25) is 0 Å². The minimum Gasteiger partial charge on any atom is -0.456 e. The number of esters is 4. The number of amides is 1. The van der Waals surface area contributed by atoms with Gasteiger partial charge in [-0.3, -0.25) is 33.6 Å². The van der Waals surface area contributed by atoms with Crippen molar-refractivity contribution in [2.45, 2.75) is 160 Å². The van der Waals surface area contributed by atoms with Gasteiger partial charge in [0, 0.05) is 60.8 Å². The minimum absolute atomic E-state index is 0.00289. The highest BCUT2D eigenvalue weighted by Crippen LogP contribution is 2.67. The number of carbonyl (C=O) groups is 9. The van der Waals surface area contributed by atoms with Crippen LogP contribution in [0.4, 0.5) is 0 Å². The molecular weight excluding hydrogens is 1130 g/mol. The molecule has 1 aliphatic heterocycles. The number of hydrogen-bond donors (Lipinski definition) is 6. The molecule has 20 heteroatoms. The van der Waals surface area contributed by atoms with E-state index in [1.54, 1.807) is 105 Å². The highest BCUT2D eigenvalue weighted by molar-refractivity contribution is 6.02. The largest absolute Gasteiger partial charge is 0.456 e. The molecule has 1 saturated heterocycles. The highest BCUT2D eigenvalue weighted by atomic mass is 16.6. The fourth-order valence-electron chi connectivity index (χ4n) is 16.8. The van der Waals surface area contributed by atoms with Gasteiger partial charge >= 0.3 is 23.9 Å². The lowest BCUT2D eigenvalue weighted by molar-refractivity contribution is -0.346. The number of Topliss-reactive ketones (excluding diaryl/α,β-unsaturated/α-hetero) is 3. The molecule has 5 saturated carbocycles. The van der Waals surface area contributed by atoms with Gasteiger partial charge in [-0.1, -0.05) is 106 Å². The molecule has 20 nitrogen and oxygen atoms in total.